The molecule has 2 N–H and O–H groups in total. The van der Waals surface area contributed by atoms with Crippen LogP contribution in [0, 0.1) is 6.92 Å². The molecule has 0 atom stereocenters. The fourth-order valence-electron chi connectivity index (χ4n) is 3.39. The first-order valence-corrected chi connectivity index (χ1v) is 9.11. The standard InChI is InChI=1S/C18H22N8O/c1-13-15(25-9-3-2-4-17(25)23-13)7-8-20-18(27)24-14-5-6-16(21-10-14)26-12-19-11-22-26/h5-6,10-12H,2-4,7-9H2,1H3,(H2,20,24,27). The summed E-state index contributed by atoms with van der Waals surface area (Å²) in [5.74, 6) is 1.82. The molecule has 9 nitrogen and oxygen atoms in total. The van der Waals surface area contributed by atoms with Crippen molar-refractivity contribution in [3.63, 3.8) is 0 Å². The summed E-state index contributed by atoms with van der Waals surface area (Å²) < 4.78 is 3.86. The normalized spacial score (nSPS) is 13.2. The molecule has 0 spiro atoms. The van der Waals surface area contributed by atoms with Crippen LogP contribution in [0.3, 0.4) is 0 Å². The zero-order valence-electron chi connectivity index (χ0n) is 15.2. The lowest BCUT2D eigenvalue weighted by Gasteiger charge is -2.16. The molecule has 4 rings (SSSR count). The summed E-state index contributed by atoms with van der Waals surface area (Å²) in [6.07, 6.45) is 8.83. The maximum Gasteiger partial charge on any atom is 0.319 e. The molecule has 9 heteroatoms. The average Bonchev–Trinajstić information content (AvgIpc) is 3.31. The van der Waals surface area contributed by atoms with Crippen molar-refractivity contribution in [2.45, 2.75) is 39.2 Å². The van der Waals surface area contributed by atoms with E-state index < -0.39 is 0 Å². The SMILES string of the molecule is Cc1nc2n(c1CCNC(=O)Nc1ccc(-n3cncn3)nc1)CCCC2. The van der Waals surface area contributed by atoms with Crippen LogP contribution >= 0.6 is 0 Å². The van der Waals surface area contributed by atoms with Gasteiger partial charge in [-0.3, -0.25) is 0 Å². The van der Waals surface area contributed by atoms with Crippen LogP contribution in [0.4, 0.5) is 10.5 Å². The molecule has 0 radical (unpaired) electrons. The maximum atomic E-state index is 12.1. The molecule has 0 aromatic carbocycles. The topological polar surface area (TPSA) is 103 Å². The van der Waals surface area contributed by atoms with Crippen LogP contribution < -0.4 is 10.6 Å². The number of nitrogens with zero attached hydrogens (tertiary/aromatic N) is 6. The van der Waals surface area contributed by atoms with Crippen LogP contribution in [0.5, 0.6) is 0 Å². The Morgan fingerprint density at radius 1 is 1.30 bits per heavy atom. The maximum absolute atomic E-state index is 12.1. The molecule has 0 unspecified atom stereocenters. The molecule has 0 saturated carbocycles. The zero-order valence-corrected chi connectivity index (χ0v) is 15.2. The first-order chi connectivity index (χ1) is 13.2. The molecule has 2 amide bonds. The Labute approximate surface area is 156 Å². The van der Waals surface area contributed by atoms with Crippen LogP contribution in [0.1, 0.15) is 30.1 Å². The molecule has 0 saturated heterocycles. The van der Waals surface area contributed by atoms with E-state index in [0.717, 1.165) is 25.1 Å². The van der Waals surface area contributed by atoms with Crippen LogP contribution in [-0.2, 0) is 19.4 Å². The predicted molar refractivity (Wildman–Crippen MR) is 99.8 cm³/mol. The van der Waals surface area contributed by atoms with Crippen LogP contribution in [0.25, 0.3) is 5.82 Å². The van der Waals surface area contributed by atoms with E-state index in [1.165, 1.54) is 30.7 Å². The predicted octanol–water partition coefficient (Wildman–Crippen LogP) is 1.87. The number of hydrogen-bond donors (Lipinski definition) is 2. The highest BCUT2D eigenvalue weighted by Gasteiger charge is 2.17. The summed E-state index contributed by atoms with van der Waals surface area (Å²) in [6, 6.07) is 3.30. The largest absolute Gasteiger partial charge is 0.337 e. The monoisotopic (exact) mass is 366 g/mol. The van der Waals surface area contributed by atoms with E-state index in [1.54, 1.807) is 29.3 Å². The molecule has 3 aromatic heterocycles. The van der Waals surface area contributed by atoms with E-state index in [1.807, 2.05) is 6.92 Å². The number of amides is 2. The van der Waals surface area contributed by atoms with Crippen molar-refractivity contribution in [1.29, 1.82) is 0 Å². The van der Waals surface area contributed by atoms with E-state index in [9.17, 15) is 4.79 Å². The lowest BCUT2D eigenvalue weighted by Crippen LogP contribution is -2.31. The number of aromatic nitrogens is 6. The minimum atomic E-state index is -0.249. The molecule has 0 aliphatic carbocycles. The van der Waals surface area contributed by atoms with Gasteiger partial charge in [0, 0.05) is 31.6 Å². The Hall–Kier alpha value is -3.23. The summed E-state index contributed by atoms with van der Waals surface area (Å²) in [6.45, 7) is 3.63. The number of fused-ring (bicyclic) bond motifs is 1. The minimum Gasteiger partial charge on any atom is -0.337 e. The number of imidazole rings is 1. The van der Waals surface area contributed by atoms with E-state index in [0.29, 0.717) is 18.1 Å². The number of rotatable bonds is 5. The van der Waals surface area contributed by atoms with Gasteiger partial charge in [0.2, 0.25) is 0 Å². The third kappa shape index (κ3) is 3.81. The van der Waals surface area contributed by atoms with E-state index >= 15 is 0 Å². The molecule has 27 heavy (non-hydrogen) atoms. The molecular formula is C18H22N8O. The molecular weight excluding hydrogens is 344 g/mol. The van der Waals surface area contributed by atoms with Crippen molar-refractivity contribution in [1.82, 2.24) is 34.6 Å². The van der Waals surface area contributed by atoms with Crippen molar-refractivity contribution in [2.75, 3.05) is 11.9 Å². The summed E-state index contributed by atoms with van der Waals surface area (Å²) in [5, 5.41) is 9.71. The highest BCUT2D eigenvalue weighted by atomic mass is 16.2. The smallest absolute Gasteiger partial charge is 0.319 e. The fourth-order valence-corrected chi connectivity index (χ4v) is 3.39. The molecule has 4 heterocycles. The van der Waals surface area contributed by atoms with Gasteiger partial charge in [0.05, 0.1) is 17.6 Å². The number of anilines is 1. The lowest BCUT2D eigenvalue weighted by molar-refractivity contribution is 0.252. The Bertz CT molecular complexity index is 914. The molecule has 0 bridgehead atoms. The Morgan fingerprint density at radius 3 is 3.00 bits per heavy atom. The Morgan fingerprint density at radius 2 is 2.22 bits per heavy atom. The van der Waals surface area contributed by atoms with Gasteiger partial charge in [0.25, 0.3) is 0 Å². The zero-order chi connectivity index (χ0) is 18.6. The third-order valence-corrected chi connectivity index (χ3v) is 4.69. The summed E-state index contributed by atoms with van der Waals surface area (Å²) in [7, 11) is 0. The summed E-state index contributed by atoms with van der Waals surface area (Å²) >= 11 is 0. The van der Waals surface area contributed by atoms with Crippen molar-refractivity contribution in [2.24, 2.45) is 0 Å². The van der Waals surface area contributed by atoms with Gasteiger partial charge in [-0.05, 0) is 31.9 Å². The van der Waals surface area contributed by atoms with Gasteiger partial charge in [0.15, 0.2) is 5.82 Å². The van der Waals surface area contributed by atoms with E-state index in [2.05, 4.69) is 35.3 Å². The molecule has 0 fully saturated rings. The number of nitrogens with one attached hydrogen (secondary N) is 2. The van der Waals surface area contributed by atoms with Crippen molar-refractivity contribution in [3.8, 4) is 5.82 Å². The average molecular weight is 366 g/mol. The molecule has 140 valence electrons. The van der Waals surface area contributed by atoms with Crippen LogP contribution in [0.15, 0.2) is 31.0 Å². The minimum absolute atomic E-state index is 0.249. The highest BCUT2D eigenvalue weighted by molar-refractivity contribution is 5.89. The summed E-state index contributed by atoms with van der Waals surface area (Å²) in [4.78, 5) is 24.9. The molecule has 3 aromatic rings. The first-order valence-electron chi connectivity index (χ1n) is 9.11. The lowest BCUT2D eigenvalue weighted by atomic mass is 10.1. The van der Waals surface area contributed by atoms with E-state index in [-0.39, 0.29) is 6.03 Å². The van der Waals surface area contributed by atoms with Crippen LogP contribution in [0.2, 0.25) is 0 Å². The number of urea groups is 1. The number of carbonyl (C=O) groups excluding carboxylic acids is 1. The fraction of sp³-hybridized carbons (Fsp3) is 0.389. The summed E-state index contributed by atoms with van der Waals surface area (Å²) in [5.41, 5.74) is 2.92. The van der Waals surface area contributed by atoms with Gasteiger partial charge in [-0.2, -0.15) is 5.10 Å². The van der Waals surface area contributed by atoms with Gasteiger partial charge in [-0.15, -0.1) is 0 Å². The second kappa shape index (κ2) is 7.56. The Balaban J connectivity index is 1.29. The second-order valence-corrected chi connectivity index (χ2v) is 6.54. The number of hydrogen-bond acceptors (Lipinski definition) is 5. The number of pyridine rings is 1. The quantitative estimate of drug-likeness (QED) is 0.718. The van der Waals surface area contributed by atoms with Crippen molar-refractivity contribution >= 4 is 11.7 Å². The number of aryl methyl sites for hydroxylation is 2. The van der Waals surface area contributed by atoms with Crippen molar-refractivity contribution in [3.05, 3.63) is 48.2 Å². The van der Waals surface area contributed by atoms with Crippen LogP contribution in [-0.4, -0.2) is 41.9 Å². The second-order valence-electron chi connectivity index (χ2n) is 6.54. The Kier molecular flexibility index (Phi) is 4.82. The van der Waals surface area contributed by atoms with Gasteiger partial charge < -0.3 is 15.2 Å². The van der Waals surface area contributed by atoms with Gasteiger partial charge >= 0.3 is 6.03 Å². The first kappa shape index (κ1) is 17.2. The van der Waals surface area contributed by atoms with Crippen molar-refractivity contribution < 1.29 is 4.79 Å². The van der Waals surface area contributed by atoms with Gasteiger partial charge in [0.1, 0.15) is 18.5 Å². The van der Waals surface area contributed by atoms with E-state index in [4.69, 9.17) is 0 Å². The number of carbonyl (C=O) groups is 1. The molecule has 1 aliphatic heterocycles. The molecule has 1 aliphatic rings. The van der Waals surface area contributed by atoms with Gasteiger partial charge in [-0.25, -0.2) is 24.4 Å². The van der Waals surface area contributed by atoms with Gasteiger partial charge in [-0.1, -0.05) is 0 Å². The highest BCUT2D eigenvalue weighted by Crippen LogP contribution is 2.19. The third-order valence-electron chi connectivity index (χ3n) is 4.69.